The maximum absolute atomic E-state index is 11.9. The Morgan fingerprint density at radius 3 is 2.61 bits per heavy atom. The highest BCUT2D eigenvalue weighted by Crippen LogP contribution is 2.37. The van der Waals surface area contributed by atoms with Crippen LogP contribution in [-0.4, -0.2) is 19.4 Å². The van der Waals surface area contributed by atoms with Gasteiger partial charge in [-0.1, -0.05) is 18.3 Å². The first-order valence-electron chi connectivity index (χ1n) is 5.12. The molecule has 1 aromatic rings. The van der Waals surface area contributed by atoms with Crippen molar-refractivity contribution in [2.24, 2.45) is 11.8 Å². The smallest absolute Gasteiger partial charge is 0.306 e. The second-order valence-electron chi connectivity index (χ2n) is 4.12. The molecule has 0 radical (unpaired) electrons. The molecule has 1 aliphatic rings. The SMILES string of the molecule is CC1CC1NS(=O)(=O)c1cc([N+](=O)[O-])c(NN)s1. The number of nitrogen functional groups attached to an aromatic ring is 1. The molecular weight excluding hydrogens is 280 g/mol. The van der Waals surface area contributed by atoms with Gasteiger partial charge in [0, 0.05) is 12.1 Å². The van der Waals surface area contributed by atoms with Crippen LogP contribution in [-0.2, 0) is 10.0 Å². The number of hydrazine groups is 1. The molecule has 0 aromatic carbocycles. The van der Waals surface area contributed by atoms with Crippen LogP contribution in [0.1, 0.15) is 13.3 Å². The normalized spacial score (nSPS) is 22.8. The molecule has 0 amide bonds. The zero-order chi connectivity index (χ0) is 13.5. The summed E-state index contributed by atoms with van der Waals surface area (Å²) in [5.74, 6) is 5.43. The minimum absolute atomic E-state index is 0.0178. The largest absolute Gasteiger partial charge is 0.310 e. The standard InChI is InChI=1S/C8H12N4O4S2/c1-4-2-5(4)11-18(15,16)7-3-6(12(13)14)8(10-9)17-7/h3-5,10-11H,2,9H2,1H3. The van der Waals surface area contributed by atoms with E-state index in [1.807, 2.05) is 6.92 Å². The van der Waals surface area contributed by atoms with Gasteiger partial charge in [-0.15, -0.1) is 0 Å². The van der Waals surface area contributed by atoms with Gasteiger partial charge in [-0.25, -0.2) is 19.0 Å². The van der Waals surface area contributed by atoms with Crippen molar-refractivity contribution < 1.29 is 13.3 Å². The van der Waals surface area contributed by atoms with Crippen molar-refractivity contribution in [3.63, 3.8) is 0 Å². The Morgan fingerprint density at radius 1 is 1.61 bits per heavy atom. The summed E-state index contributed by atoms with van der Waals surface area (Å²) < 4.78 is 26.3. The number of hydrogen-bond donors (Lipinski definition) is 3. The number of hydrogen-bond acceptors (Lipinski definition) is 7. The van der Waals surface area contributed by atoms with Gasteiger partial charge < -0.3 is 5.43 Å². The molecule has 2 rings (SSSR count). The number of nitro groups is 1. The molecule has 2 atom stereocenters. The molecule has 1 aliphatic carbocycles. The summed E-state index contributed by atoms with van der Waals surface area (Å²) in [6, 6.07) is 0.931. The van der Waals surface area contributed by atoms with Crippen LogP contribution in [0, 0.1) is 16.0 Å². The molecule has 2 unspecified atom stereocenters. The number of sulfonamides is 1. The van der Waals surface area contributed by atoms with Crippen LogP contribution in [0.2, 0.25) is 0 Å². The number of nitrogens with zero attached hydrogens (tertiary/aromatic N) is 1. The van der Waals surface area contributed by atoms with E-state index in [4.69, 9.17) is 5.84 Å². The molecule has 1 saturated carbocycles. The van der Waals surface area contributed by atoms with E-state index in [2.05, 4.69) is 10.1 Å². The summed E-state index contributed by atoms with van der Waals surface area (Å²) >= 11 is 0.738. The van der Waals surface area contributed by atoms with Gasteiger partial charge in [0.05, 0.1) is 4.92 Å². The molecule has 18 heavy (non-hydrogen) atoms. The highest BCUT2D eigenvalue weighted by molar-refractivity contribution is 7.91. The second kappa shape index (κ2) is 4.46. The molecular formula is C8H12N4O4S2. The summed E-state index contributed by atoms with van der Waals surface area (Å²) in [6.45, 7) is 1.93. The first-order chi connectivity index (χ1) is 8.35. The fourth-order valence-electron chi connectivity index (χ4n) is 1.47. The minimum Gasteiger partial charge on any atom is -0.310 e. The zero-order valence-corrected chi connectivity index (χ0v) is 11.0. The Bertz CT molecular complexity index is 582. The topological polar surface area (TPSA) is 127 Å². The maximum atomic E-state index is 11.9. The number of nitrogens with two attached hydrogens (primary N) is 1. The number of thiophene rings is 1. The van der Waals surface area contributed by atoms with Crippen molar-refractivity contribution in [3.05, 3.63) is 16.2 Å². The number of nitrogens with one attached hydrogen (secondary N) is 2. The maximum Gasteiger partial charge on any atom is 0.306 e. The highest BCUT2D eigenvalue weighted by atomic mass is 32.2. The van der Waals surface area contributed by atoms with E-state index in [0.717, 1.165) is 23.8 Å². The van der Waals surface area contributed by atoms with Gasteiger partial charge in [0.2, 0.25) is 0 Å². The molecule has 4 N–H and O–H groups in total. The predicted octanol–water partition coefficient (Wildman–Crippen LogP) is 0.629. The van der Waals surface area contributed by atoms with Gasteiger partial charge in [0.15, 0.2) is 5.00 Å². The highest BCUT2D eigenvalue weighted by Gasteiger charge is 2.37. The summed E-state index contributed by atoms with van der Waals surface area (Å²) in [6.07, 6.45) is 0.786. The van der Waals surface area contributed by atoms with E-state index in [9.17, 15) is 18.5 Å². The Labute approximate surface area is 107 Å². The van der Waals surface area contributed by atoms with Gasteiger partial charge in [-0.05, 0) is 12.3 Å². The van der Waals surface area contributed by atoms with Gasteiger partial charge in [0.1, 0.15) is 4.21 Å². The zero-order valence-electron chi connectivity index (χ0n) is 9.41. The van der Waals surface area contributed by atoms with Crippen LogP contribution in [0.4, 0.5) is 10.7 Å². The molecule has 10 heteroatoms. The predicted molar refractivity (Wildman–Crippen MR) is 66.7 cm³/mol. The first kappa shape index (κ1) is 13.2. The van der Waals surface area contributed by atoms with Crippen LogP contribution < -0.4 is 16.0 Å². The van der Waals surface area contributed by atoms with E-state index >= 15 is 0 Å². The van der Waals surface area contributed by atoms with Gasteiger partial charge >= 0.3 is 5.69 Å². The molecule has 0 bridgehead atoms. The molecule has 1 fully saturated rings. The summed E-state index contributed by atoms with van der Waals surface area (Å²) in [7, 11) is -3.71. The van der Waals surface area contributed by atoms with Crippen LogP contribution >= 0.6 is 11.3 Å². The average Bonchev–Trinajstić information content (AvgIpc) is 2.83. The van der Waals surface area contributed by atoms with Crippen LogP contribution in [0.15, 0.2) is 10.3 Å². The van der Waals surface area contributed by atoms with E-state index in [0.29, 0.717) is 5.92 Å². The van der Waals surface area contributed by atoms with E-state index < -0.39 is 14.9 Å². The second-order valence-corrected chi connectivity index (χ2v) is 7.12. The lowest BCUT2D eigenvalue weighted by Crippen LogP contribution is -2.26. The molecule has 0 spiro atoms. The molecule has 1 heterocycles. The van der Waals surface area contributed by atoms with Crippen molar-refractivity contribution >= 4 is 32.0 Å². The Hall–Kier alpha value is -1.23. The van der Waals surface area contributed by atoms with Crippen molar-refractivity contribution in [2.75, 3.05) is 5.43 Å². The monoisotopic (exact) mass is 292 g/mol. The van der Waals surface area contributed by atoms with Crippen molar-refractivity contribution in [3.8, 4) is 0 Å². The van der Waals surface area contributed by atoms with Gasteiger partial charge in [-0.3, -0.25) is 10.1 Å². The Morgan fingerprint density at radius 2 is 2.22 bits per heavy atom. The lowest BCUT2D eigenvalue weighted by Gasteiger charge is -2.01. The molecule has 8 nitrogen and oxygen atoms in total. The van der Waals surface area contributed by atoms with Gasteiger partial charge in [-0.2, -0.15) is 0 Å². The summed E-state index contributed by atoms with van der Waals surface area (Å²) in [5.41, 5.74) is 1.79. The fourth-order valence-corrected chi connectivity index (χ4v) is 4.09. The molecule has 100 valence electrons. The summed E-state index contributed by atoms with van der Waals surface area (Å²) in [4.78, 5) is 10.0. The first-order valence-corrected chi connectivity index (χ1v) is 7.42. The minimum atomic E-state index is -3.71. The lowest BCUT2D eigenvalue weighted by atomic mass is 10.5. The van der Waals surface area contributed by atoms with E-state index in [1.54, 1.807) is 0 Å². The van der Waals surface area contributed by atoms with Gasteiger partial charge in [0.25, 0.3) is 10.0 Å². The number of rotatable bonds is 5. The third-order valence-corrected chi connectivity index (χ3v) is 5.72. The van der Waals surface area contributed by atoms with Crippen LogP contribution in [0.5, 0.6) is 0 Å². The van der Waals surface area contributed by atoms with E-state index in [-0.39, 0.29) is 20.9 Å². The van der Waals surface area contributed by atoms with Crippen LogP contribution in [0.25, 0.3) is 0 Å². The Kier molecular flexibility index (Phi) is 3.27. The summed E-state index contributed by atoms with van der Waals surface area (Å²) in [5, 5.41) is 10.7. The third-order valence-electron chi connectivity index (χ3n) is 2.70. The molecule has 0 aliphatic heterocycles. The quantitative estimate of drug-likeness (QED) is 0.415. The average molecular weight is 292 g/mol. The van der Waals surface area contributed by atoms with Crippen molar-refractivity contribution in [1.29, 1.82) is 0 Å². The third kappa shape index (κ3) is 2.46. The number of anilines is 1. The van der Waals surface area contributed by atoms with Crippen molar-refractivity contribution in [2.45, 2.75) is 23.6 Å². The molecule has 1 aromatic heterocycles. The van der Waals surface area contributed by atoms with E-state index in [1.165, 1.54) is 0 Å². The van der Waals surface area contributed by atoms with Crippen LogP contribution in [0.3, 0.4) is 0 Å². The fraction of sp³-hybridized carbons (Fsp3) is 0.500. The Balaban J connectivity index is 2.30. The lowest BCUT2D eigenvalue weighted by molar-refractivity contribution is -0.383. The van der Waals surface area contributed by atoms with Crippen molar-refractivity contribution in [1.82, 2.24) is 4.72 Å². The molecule has 0 saturated heterocycles.